The number of halogens is 3. The zero-order chi connectivity index (χ0) is 18.4. The average Bonchev–Trinajstić information content (AvgIpc) is 2.51. The smallest absolute Gasteiger partial charge is 0.323 e. The minimum Gasteiger partial charge on any atom is -0.392 e. The van der Waals surface area contributed by atoms with E-state index in [-0.39, 0.29) is 23.0 Å². The van der Waals surface area contributed by atoms with Crippen LogP contribution in [0.1, 0.15) is 5.56 Å². The number of carbonyl (C=O) groups excluding carboxylic acids is 1. The van der Waals surface area contributed by atoms with E-state index in [1.54, 1.807) is 6.07 Å². The summed E-state index contributed by atoms with van der Waals surface area (Å²) in [6.45, 7) is 0.480. The van der Waals surface area contributed by atoms with Gasteiger partial charge in [0.1, 0.15) is 5.82 Å². The van der Waals surface area contributed by atoms with E-state index in [9.17, 15) is 14.3 Å². The molecule has 0 unspecified atom stereocenters. The summed E-state index contributed by atoms with van der Waals surface area (Å²) in [6, 6.07) is 6.31. The molecule has 0 aliphatic carbocycles. The third-order valence-electron chi connectivity index (χ3n) is 3.20. The Bertz CT molecular complexity index is 774. The molecule has 0 aromatic heterocycles. The van der Waals surface area contributed by atoms with Crippen molar-refractivity contribution in [3.63, 3.8) is 0 Å². The van der Waals surface area contributed by atoms with Gasteiger partial charge in [-0.2, -0.15) is 0 Å². The number of urea groups is 1. The first-order valence-corrected chi connectivity index (χ1v) is 8.10. The van der Waals surface area contributed by atoms with Gasteiger partial charge in [-0.3, -0.25) is 0 Å². The number of rotatable bonds is 6. The molecular formula is C16H17Cl2FN4O2. The van der Waals surface area contributed by atoms with Crippen LogP contribution in [0, 0.1) is 5.82 Å². The zero-order valence-corrected chi connectivity index (χ0v) is 14.6. The van der Waals surface area contributed by atoms with Crippen molar-refractivity contribution in [2.75, 3.05) is 29.0 Å². The Morgan fingerprint density at radius 1 is 1.12 bits per heavy atom. The van der Waals surface area contributed by atoms with Crippen LogP contribution in [0.15, 0.2) is 30.3 Å². The van der Waals surface area contributed by atoms with Gasteiger partial charge in [-0.15, -0.1) is 0 Å². The highest BCUT2D eigenvalue weighted by atomic mass is 35.5. The van der Waals surface area contributed by atoms with Crippen molar-refractivity contribution < 1.29 is 14.3 Å². The van der Waals surface area contributed by atoms with Gasteiger partial charge in [0.2, 0.25) is 0 Å². The number of hydrogen-bond donors (Lipinski definition) is 5. The Morgan fingerprint density at radius 3 is 2.52 bits per heavy atom. The van der Waals surface area contributed by atoms with Crippen molar-refractivity contribution in [3.8, 4) is 0 Å². The van der Waals surface area contributed by atoms with Crippen molar-refractivity contribution in [1.82, 2.24) is 0 Å². The van der Waals surface area contributed by atoms with E-state index in [0.29, 0.717) is 29.4 Å². The van der Waals surface area contributed by atoms with Crippen molar-refractivity contribution in [3.05, 3.63) is 51.8 Å². The number of aliphatic hydroxyl groups excluding tert-OH is 1. The molecule has 0 aliphatic rings. The maximum absolute atomic E-state index is 13.6. The first-order valence-electron chi connectivity index (χ1n) is 7.34. The van der Waals surface area contributed by atoms with Gasteiger partial charge >= 0.3 is 6.03 Å². The lowest BCUT2D eigenvalue weighted by Crippen LogP contribution is -2.21. The van der Waals surface area contributed by atoms with Crippen LogP contribution in [-0.4, -0.2) is 24.2 Å². The Balaban J connectivity index is 2.14. The molecule has 2 aromatic carbocycles. The number of nitrogens with two attached hydrogens (primary N) is 1. The lowest BCUT2D eigenvalue weighted by molar-refractivity contribution is 0.262. The van der Waals surface area contributed by atoms with E-state index in [0.717, 1.165) is 0 Å². The molecule has 0 bridgehead atoms. The van der Waals surface area contributed by atoms with Gasteiger partial charge < -0.3 is 26.8 Å². The molecule has 0 aliphatic heterocycles. The Morgan fingerprint density at radius 2 is 1.84 bits per heavy atom. The van der Waals surface area contributed by atoms with Crippen LogP contribution in [0.2, 0.25) is 10.0 Å². The Hall–Kier alpha value is -2.06. The highest BCUT2D eigenvalue weighted by Gasteiger charge is 2.12. The molecule has 25 heavy (non-hydrogen) atoms. The highest BCUT2D eigenvalue weighted by Crippen LogP contribution is 2.29. The summed E-state index contributed by atoms with van der Waals surface area (Å²) < 4.78 is 13.6. The molecule has 0 fully saturated rings. The van der Waals surface area contributed by atoms with Crippen LogP contribution < -0.4 is 21.7 Å². The van der Waals surface area contributed by atoms with Gasteiger partial charge in [-0.1, -0.05) is 23.2 Å². The molecule has 0 heterocycles. The normalized spacial score (nSPS) is 10.4. The number of anilines is 3. The zero-order valence-electron chi connectivity index (χ0n) is 13.1. The van der Waals surface area contributed by atoms with Crippen LogP contribution in [0.25, 0.3) is 0 Å². The van der Waals surface area contributed by atoms with E-state index in [4.69, 9.17) is 28.9 Å². The van der Waals surface area contributed by atoms with Crippen molar-refractivity contribution in [1.29, 1.82) is 0 Å². The van der Waals surface area contributed by atoms with Crippen LogP contribution in [0.5, 0.6) is 0 Å². The third-order valence-corrected chi connectivity index (χ3v) is 3.75. The largest absolute Gasteiger partial charge is 0.392 e. The average molecular weight is 387 g/mol. The molecule has 2 rings (SSSR count). The monoisotopic (exact) mass is 386 g/mol. The van der Waals surface area contributed by atoms with Crippen molar-refractivity contribution in [2.45, 2.75) is 6.61 Å². The van der Waals surface area contributed by atoms with Crippen molar-refractivity contribution >= 4 is 46.3 Å². The Labute approximate surface area is 154 Å². The fourth-order valence-corrected chi connectivity index (χ4v) is 2.69. The molecule has 2 aromatic rings. The second-order valence-electron chi connectivity index (χ2n) is 5.09. The van der Waals surface area contributed by atoms with E-state index >= 15 is 0 Å². The molecule has 0 saturated heterocycles. The van der Waals surface area contributed by atoms with Crippen molar-refractivity contribution in [2.24, 2.45) is 5.73 Å². The minimum absolute atomic E-state index is 0.226. The molecule has 0 radical (unpaired) electrons. The molecule has 0 saturated carbocycles. The topological polar surface area (TPSA) is 99.4 Å². The van der Waals surface area contributed by atoms with Gasteiger partial charge in [0.05, 0.1) is 12.3 Å². The van der Waals surface area contributed by atoms with E-state index in [1.807, 2.05) is 0 Å². The maximum atomic E-state index is 13.6. The number of amides is 2. The van der Waals surface area contributed by atoms with Crippen LogP contribution in [0.4, 0.5) is 26.2 Å². The summed E-state index contributed by atoms with van der Waals surface area (Å²) in [5.41, 5.74) is 6.71. The minimum atomic E-state index is -0.636. The van der Waals surface area contributed by atoms with E-state index in [1.165, 1.54) is 24.3 Å². The van der Waals surface area contributed by atoms with Gasteiger partial charge in [-0.25, -0.2) is 9.18 Å². The van der Waals surface area contributed by atoms with Gasteiger partial charge in [0.25, 0.3) is 0 Å². The highest BCUT2D eigenvalue weighted by molar-refractivity contribution is 6.35. The molecule has 2 amide bonds. The lowest BCUT2D eigenvalue weighted by Gasteiger charge is -2.13. The predicted molar refractivity (Wildman–Crippen MR) is 99.0 cm³/mol. The quantitative estimate of drug-likeness (QED) is 0.523. The van der Waals surface area contributed by atoms with E-state index in [2.05, 4.69) is 16.0 Å². The summed E-state index contributed by atoms with van der Waals surface area (Å²) in [7, 11) is 0. The predicted octanol–water partition coefficient (Wildman–Crippen LogP) is 3.64. The molecule has 9 heteroatoms. The first kappa shape index (κ1) is 19.3. The number of nitrogens with one attached hydrogen (secondary N) is 3. The van der Waals surface area contributed by atoms with Gasteiger partial charge in [-0.05, 0) is 30.3 Å². The fraction of sp³-hybridized carbons (Fsp3) is 0.188. The second kappa shape index (κ2) is 8.87. The summed E-state index contributed by atoms with van der Waals surface area (Å²) in [5, 5.41) is 17.9. The summed E-state index contributed by atoms with van der Waals surface area (Å²) in [4.78, 5) is 12.2. The standard InChI is InChI=1S/C16H17Cl2FN4O2/c17-9-3-14(18)13(8-24)15(4-9)23-16(25)22-12-6-10(19)5-11(7-12)21-2-1-20/h3-7,21,24H,1-2,8,20H2,(H2,22,23,25). The van der Waals surface area contributed by atoms with E-state index < -0.39 is 11.8 Å². The summed E-state index contributed by atoms with van der Waals surface area (Å²) >= 11 is 11.9. The molecule has 6 nitrogen and oxygen atoms in total. The number of hydrogen-bond acceptors (Lipinski definition) is 4. The number of benzene rings is 2. The second-order valence-corrected chi connectivity index (χ2v) is 5.94. The molecule has 0 atom stereocenters. The lowest BCUT2D eigenvalue weighted by atomic mass is 10.2. The van der Waals surface area contributed by atoms with Crippen LogP contribution >= 0.6 is 23.2 Å². The third kappa shape index (κ3) is 5.47. The molecule has 134 valence electrons. The summed E-state index contributed by atoms with van der Waals surface area (Å²) in [6.07, 6.45) is 0. The van der Waals surface area contributed by atoms with Crippen LogP contribution in [-0.2, 0) is 6.61 Å². The van der Waals surface area contributed by atoms with Gasteiger partial charge in [0.15, 0.2) is 0 Å². The van der Waals surface area contributed by atoms with Crippen LogP contribution in [0.3, 0.4) is 0 Å². The maximum Gasteiger partial charge on any atom is 0.323 e. The number of carbonyl (C=O) groups is 1. The Kier molecular flexibility index (Phi) is 6.83. The number of aliphatic hydroxyl groups is 1. The first-order chi connectivity index (χ1) is 11.9. The SMILES string of the molecule is NCCNc1cc(F)cc(NC(=O)Nc2cc(Cl)cc(Cl)c2CO)c1. The molecular weight excluding hydrogens is 370 g/mol. The molecule has 6 N–H and O–H groups in total. The summed E-state index contributed by atoms with van der Waals surface area (Å²) in [5.74, 6) is -0.515. The fourth-order valence-electron chi connectivity index (χ4n) is 2.14. The molecule has 0 spiro atoms. The van der Waals surface area contributed by atoms with Gasteiger partial charge in [0, 0.05) is 40.1 Å².